The van der Waals surface area contributed by atoms with Crippen LogP contribution in [0.3, 0.4) is 0 Å². The van der Waals surface area contributed by atoms with E-state index < -0.39 is 33.0 Å². The number of non-ortho nitro benzene ring substituents is 1. The normalized spacial score (nSPS) is 9.95. The minimum atomic E-state index is -0.825. The van der Waals surface area contributed by atoms with Crippen molar-refractivity contribution in [1.29, 1.82) is 0 Å². The zero-order valence-corrected chi connectivity index (χ0v) is 10.9. The molecule has 0 aliphatic carbocycles. The summed E-state index contributed by atoms with van der Waals surface area (Å²) in [6.07, 6.45) is 0. The SMILES string of the molecule is CC(=O)N(C(C)=O)c1cc([N+](=O)[O-])cc([N+](=O)[O-])c1C. The van der Waals surface area contributed by atoms with E-state index in [4.69, 9.17) is 0 Å². The maximum atomic E-state index is 11.5. The monoisotopic (exact) mass is 281 g/mol. The van der Waals surface area contributed by atoms with E-state index in [2.05, 4.69) is 0 Å². The molecule has 0 aliphatic rings. The molecule has 0 atom stereocenters. The van der Waals surface area contributed by atoms with Gasteiger partial charge in [-0.3, -0.25) is 34.7 Å². The zero-order chi connectivity index (χ0) is 15.6. The number of nitrogens with zero attached hydrogens (tertiary/aromatic N) is 3. The van der Waals surface area contributed by atoms with E-state index >= 15 is 0 Å². The van der Waals surface area contributed by atoms with E-state index in [9.17, 15) is 29.8 Å². The quantitative estimate of drug-likeness (QED) is 0.613. The molecule has 0 N–H and O–H groups in total. The topological polar surface area (TPSA) is 124 Å². The Kier molecular flexibility index (Phi) is 4.13. The molecule has 1 aromatic carbocycles. The third-order valence-electron chi connectivity index (χ3n) is 2.62. The van der Waals surface area contributed by atoms with E-state index in [1.165, 1.54) is 6.92 Å². The number of amides is 2. The number of rotatable bonds is 3. The van der Waals surface area contributed by atoms with Crippen LogP contribution >= 0.6 is 0 Å². The van der Waals surface area contributed by atoms with E-state index in [0.717, 1.165) is 26.0 Å². The van der Waals surface area contributed by atoms with Crippen molar-refractivity contribution in [1.82, 2.24) is 0 Å². The number of anilines is 1. The number of imide groups is 1. The van der Waals surface area contributed by atoms with Gasteiger partial charge in [0, 0.05) is 19.9 Å². The molecule has 0 bridgehead atoms. The third kappa shape index (κ3) is 2.76. The van der Waals surface area contributed by atoms with Crippen LogP contribution in [0.1, 0.15) is 19.4 Å². The summed E-state index contributed by atoms with van der Waals surface area (Å²) in [5, 5.41) is 21.7. The largest absolute Gasteiger partial charge is 0.281 e. The van der Waals surface area contributed by atoms with Gasteiger partial charge in [-0.25, -0.2) is 0 Å². The molecule has 0 spiro atoms. The number of hydrogen-bond acceptors (Lipinski definition) is 6. The molecular weight excluding hydrogens is 270 g/mol. The van der Waals surface area contributed by atoms with Gasteiger partial charge in [-0.2, -0.15) is 0 Å². The van der Waals surface area contributed by atoms with Crippen molar-refractivity contribution >= 4 is 28.9 Å². The highest BCUT2D eigenvalue weighted by molar-refractivity contribution is 6.14. The van der Waals surface area contributed by atoms with Gasteiger partial charge in [0.2, 0.25) is 11.8 Å². The van der Waals surface area contributed by atoms with Crippen molar-refractivity contribution in [2.24, 2.45) is 0 Å². The highest BCUT2D eigenvalue weighted by Gasteiger charge is 2.27. The lowest BCUT2D eigenvalue weighted by Gasteiger charge is -2.19. The van der Waals surface area contributed by atoms with Crippen molar-refractivity contribution in [3.63, 3.8) is 0 Å². The number of carbonyl (C=O) groups excluding carboxylic acids is 2. The standard InChI is InChI=1S/C11H11N3O6/c1-6-10(12(7(2)15)8(3)16)4-9(13(17)18)5-11(6)14(19)20/h4-5H,1-3H3. The van der Waals surface area contributed by atoms with E-state index in [0.29, 0.717) is 4.90 Å². The van der Waals surface area contributed by atoms with Crippen molar-refractivity contribution in [3.8, 4) is 0 Å². The van der Waals surface area contributed by atoms with Crippen molar-refractivity contribution in [2.45, 2.75) is 20.8 Å². The number of carbonyl (C=O) groups is 2. The summed E-state index contributed by atoms with van der Waals surface area (Å²) in [5.74, 6) is -1.37. The fourth-order valence-electron chi connectivity index (χ4n) is 1.76. The Morgan fingerprint density at radius 1 is 1.05 bits per heavy atom. The highest BCUT2D eigenvalue weighted by atomic mass is 16.6. The van der Waals surface area contributed by atoms with E-state index in [1.807, 2.05) is 0 Å². The molecule has 0 aliphatic heterocycles. The predicted molar refractivity (Wildman–Crippen MR) is 68.3 cm³/mol. The lowest BCUT2D eigenvalue weighted by Crippen LogP contribution is -2.33. The number of nitro benzene ring substituents is 2. The minimum absolute atomic E-state index is 0.00556. The van der Waals surface area contributed by atoms with Gasteiger partial charge in [-0.15, -0.1) is 0 Å². The first kappa shape index (κ1) is 15.2. The Balaban J connectivity index is 3.67. The van der Waals surface area contributed by atoms with Gasteiger partial charge in [-0.05, 0) is 6.92 Å². The second-order valence-corrected chi connectivity index (χ2v) is 4.00. The molecule has 0 aromatic heterocycles. The van der Waals surface area contributed by atoms with E-state index in [-0.39, 0.29) is 11.3 Å². The van der Waals surface area contributed by atoms with Gasteiger partial charge in [0.25, 0.3) is 11.4 Å². The Morgan fingerprint density at radius 3 is 1.90 bits per heavy atom. The second-order valence-electron chi connectivity index (χ2n) is 4.00. The molecule has 0 fully saturated rings. The Hall–Kier alpha value is -2.84. The molecule has 1 rings (SSSR count). The van der Waals surface area contributed by atoms with Crippen LogP contribution < -0.4 is 4.90 Å². The maximum absolute atomic E-state index is 11.5. The van der Waals surface area contributed by atoms with Crippen LogP contribution in [0.25, 0.3) is 0 Å². The molecule has 0 heterocycles. The van der Waals surface area contributed by atoms with Gasteiger partial charge < -0.3 is 0 Å². The predicted octanol–water partition coefficient (Wildman–Crippen LogP) is 1.71. The molecular formula is C11H11N3O6. The lowest BCUT2D eigenvalue weighted by atomic mass is 10.1. The average Bonchev–Trinajstić information content (AvgIpc) is 2.29. The summed E-state index contributed by atoms with van der Waals surface area (Å²) in [6.45, 7) is 3.49. The average molecular weight is 281 g/mol. The lowest BCUT2D eigenvalue weighted by molar-refractivity contribution is -0.394. The van der Waals surface area contributed by atoms with Gasteiger partial charge in [-0.1, -0.05) is 0 Å². The van der Waals surface area contributed by atoms with E-state index in [1.54, 1.807) is 0 Å². The molecule has 20 heavy (non-hydrogen) atoms. The summed E-state index contributed by atoms with van der Waals surface area (Å²) in [7, 11) is 0. The molecule has 106 valence electrons. The number of hydrogen-bond donors (Lipinski definition) is 0. The second kappa shape index (κ2) is 5.43. The smallest absolute Gasteiger partial charge is 0.274 e. The highest BCUT2D eigenvalue weighted by Crippen LogP contribution is 2.33. The first-order valence-corrected chi connectivity index (χ1v) is 5.41. The molecule has 9 nitrogen and oxygen atoms in total. The molecule has 0 saturated heterocycles. The van der Waals surface area contributed by atoms with Crippen molar-refractivity contribution in [2.75, 3.05) is 4.90 Å². The summed E-state index contributed by atoms with van der Waals surface area (Å²) >= 11 is 0. The first-order valence-electron chi connectivity index (χ1n) is 5.41. The molecule has 2 amide bonds. The minimum Gasteiger partial charge on any atom is -0.274 e. The zero-order valence-electron chi connectivity index (χ0n) is 10.9. The molecule has 0 unspecified atom stereocenters. The Bertz CT molecular complexity index is 611. The van der Waals surface area contributed by atoms with Crippen LogP contribution in [0.4, 0.5) is 17.1 Å². The molecule has 0 saturated carbocycles. The van der Waals surface area contributed by atoms with Crippen molar-refractivity contribution < 1.29 is 19.4 Å². The maximum Gasteiger partial charge on any atom is 0.281 e. The van der Waals surface area contributed by atoms with Crippen molar-refractivity contribution in [3.05, 3.63) is 37.9 Å². The summed E-state index contributed by atoms with van der Waals surface area (Å²) in [6, 6.07) is 1.75. The van der Waals surface area contributed by atoms with Crippen LogP contribution in [-0.4, -0.2) is 21.7 Å². The van der Waals surface area contributed by atoms with Crippen LogP contribution in [0.5, 0.6) is 0 Å². The first-order chi connectivity index (χ1) is 9.16. The number of benzene rings is 1. The summed E-state index contributed by atoms with van der Waals surface area (Å²) in [5.41, 5.74) is -1.25. The van der Waals surface area contributed by atoms with Crippen LogP contribution in [0, 0.1) is 27.2 Å². The fraction of sp³-hybridized carbons (Fsp3) is 0.273. The van der Waals surface area contributed by atoms with Gasteiger partial charge in [0.05, 0.1) is 27.2 Å². The third-order valence-corrected chi connectivity index (χ3v) is 2.62. The summed E-state index contributed by atoms with van der Waals surface area (Å²) < 4.78 is 0. The van der Waals surface area contributed by atoms with Crippen LogP contribution in [0.15, 0.2) is 12.1 Å². The molecule has 0 radical (unpaired) electrons. The van der Waals surface area contributed by atoms with Gasteiger partial charge in [0.1, 0.15) is 0 Å². The van der Waals surface area contributed by atoms with Gasteiger partial charge in [0.15, 0.2) is 0 Å². The van der Waals surface area contributed by atoms with Crippen LogP contribution in [0.2, 0.25) is 0 Å². The summed E-state index contributed by atoms with van der Waals surface area (Å²) in [4.78, 5) is 43.7. The molecule has 1 aromatic rings. The Morgan fingerprint density at radius 2 is 1.55 bits per heavy atom. The number of nitro groups is 2. The molecule has 9 heteroatoms. The van der Waals surface area contributed by atoms with Crippen LogP contribution in [-0.2, 0) is 9.59 Å². The Labute approximate surface area is 113 Å². The van der Waals surface area contributed by atoms with Gasteiger partial charge >= 0.3 is 0 Å². The fourth-order valence-corrected chi connectivity index (χ4v) is 1.76.